The fourth-order valence-electron chi connectivity index (χ4n) is 0.358. The normalized spacial score (nSPS) is 9.25. The fourth-order valence-corrected chi connectivity index (χ4v) is 0.996. The van der Waals surface area contributed by atoms with Gasteiger partial charge in [-0.1, -0.05) is 0 Å². The van der Waals surface area contributed by atoms with E-state index < -0.39 is 0 Å². The topological polar surface area (TPSA) is 12.9 Å². The van der Waals surface area contributed by atoms with E-state index in [0.29, 0.717) is 0 Å². The van der Waals surface area contributed by atoms with E-state index in [0.717, 1.165) is 3.70 Å². The van der Waals surface area contributed by atoms with Crippen molar-refractivity contribution in [3.05, 3.63) is 25.6 Å². The fraction of sp³-hybridized carbons (Fsp3) is 0. The van der Waals surface area contributed by atoms with Crippen LogP contribution in [0.3, 0.4) is 0 Å². The zero-order valence-corrected chi connectivity index (χ0v) is 8.25. The molecule has 1 rings (SSSR count). The molecule has 0 saturated carbocycles. The van der Waals surface area contributed by atoms with E-state index in [2.05, 4.69) is 50.2 Å². The Labute approximate surface area is 75.2 Å². The predicted octanol–water partition coefficient (Wildman–Crippen LogP) is 2.29. The first-order chi connectivity index (χ1) is 3.79. The molecule has 1 aromatic heterocycles. The van der Waals surface area contributed by atoms with Crippen LogP contribution in [-0.2, 0) is 0 Å². The van der Waals surface area contributed by atoms with Crippen LogP contribution in [0.25, 0.3) is 0 Å². The second-order valence-electron chi connectivity index (χ2n) is 1.30. The van der Waals surface area contributed by atoms with Crippen molar-refractivity contribution in [1.82, 2.24) is 4.98 Å². The standard InChI is InChI=1S/C5H3I2N/c6-4-1-2-5(7)8-3-4/h1-3H. The van der Waals surface area contributed by atoms with Crippen molar-refractivity contribution >= 4 is 45.2 Å². The quantitative estimate of drug-likeness (QED) is 0.525. The highest BCUT2D eigenvalue weighted by Crippen LogP contribution is 2.03. The van der Waals surface area contributed by atoms with Crippen molar-refractivity contribution in [3.8, 4) is 0 Å². The monoisotopic (exact) mass is 331 g/mol. The first-order valence-corrected chi connectivity index (χ1v) is 4.22. The van der Waals surface area contributed by atoms with Crippen molar-refractivity contribution in [2.45, 2.75) is 0 Å². The van der Waals surface area contributed by atoms with E-state index in [1.807, 2.05) is 18.3 Å². The van der Waals surface area contributed by atoms with Crippen LogP contribution in [0.4, 0.5) is 0 Å². The van der Waals surface area contributed by atoms with Gasteiger partial charge in [-0.05, 0) is 57.3 Å². The second kappa shape index (κ2) is 2.95. The lowest BCUT2D eigenvalue weighted by Crippen LogP contribution is -1.77. The molecule has 0 unspecified atom stereocenters. The van der Waals surface area contributed by atoms with Crippen LogP contribution >= 0.6 is 45.2 Å². The third-order valence-corrected chi connectivity index (χ3v) is 1.97. The summed E-state index contributed by atoms with van der Waals surface area (Å²) in [7, 11) is 0. The zero-order chi connectivity index (χ0) is 5.98. The first kappa shape index (κ1) is 6.73. The molecular weight excluding hydrogens is 328 g/mol. The molecule has 0 atom stereocenters. The number of halogens is 2. The summed E-state index contributed by atoms with van der Waals surface area (Å²) >= 11 is 4.41. The predicted molar refractivity (Wildman–Crippen MR) is 49.7 cm³/mol. The van der Waals surface area contributed by atoms with Crippen molar-refractivity contribution in [1.29, 1.82) is 0 Å². The highest BCUT2D eigenvalue weighted by molar-refractivity contribution is 14.1. The van der Waals surface area contributed by atoms with Gasteiger partial charge in [-0.15, -0.1) is 0 Å². The molecule has 0 aliphatic carbocycles. The Balaban J connectivity index is 3.03. The van der Waals surface area contributed by atoms with Gasteiger partial charge in [-0.3, -0.25) is 0 Å². The third-order valence-electron chi connectivity index (χ3n) is 0.691. The molecule has 0 aromatic carbocycles. The number of rotatable bonds is 0. The maximum Gasteiger partial charge on any atom is 0.101 e. The summed E-state index contributed by atoms with van der Waals surface area (Å²) in [5.41, 5.74) is 0. The molecule has 0 saturated heterocycles. The van der Waals surface area contributed by atoms with E-state index in [4.69, 9.17) is 0 Å². The van der Waals surface area contributed by atoms with E-state index in [-0.39, 0.29) is 0 Å². The summed E-state index contributed by atoms with van der Waals surface area (Å²) in [5.74, 6) is 0. The Bertz CT molecular complexity index is 149. The van der Waals surface area contributed by atoms with Crippen molar-refractivity contribution in [3.63, 3.8) is 0 Å². The van der Waals surface area contributed by atoms with Crippen LogP contribution in [0.15, 0.2) is 18.3 Å². The lowest BCUT2D eigenvalue weighted by atomic mass is 10.5. The van der Waals surface area contributed by atoms with Crippen LogP contribution in [-0.4, -0.2) is 4.98 Å². The second-order valence-corrected chi connectivity index (χ2v) is 3.65. The Morgan fingerprint density at radius 2 is 2.00 bits per heavy atom. The molecule has 0 fully saturated rings. The summed E-state index contributed by atoms with van der Waals surface area (Å²) < 4.78 is 2.23. The van der Waals surface area contributed by atoms with Gasteiger partial charge in [0.25, 0.3) is 0 Å². The Hall–Kier alpha value is 0.610. The van der Waals surface area contributed by atoms with Crippen LogP contribution in [0.2, 0.25) is 0 Å². The lowest BCUT2D eigenvalue weighted by molar-refractivity contribution is 1.25. The summed E-state index contributed by atoms with van der Waals surface area (Å²) in [6.45, 7) is 0. The SMILES string of the molecule is Ic1ccc(I)nc1. The van der Waals surface area contributed by atoms with E-state index >= 15 is 0 Å². The molecule has 1 heterocycles. The molecule has 3 heteroatoms. The summed E-state index contributed by atoms with van der Waals surface area (Å²) in [5, 5.41) is 0. The van der Waals surface area contributed by atoms with Gasteiger partial charge in [-0.2, -0.15) is 0 Å². The van der Waals surface area contributed by atoms with Crippen molar-refractivity contribution < 1.29 is 0 Å². The van der Waals surface area contributed by atoms with Crippen molar-refractivity contribution in [2.75, 3.05) is 0 Å². The number of nitrogens with zero attached hydrogens (tertiary/aromatic N) is 1. The number of aromatic nitrogens is 1. The molecule has 42 valence electrons. The minimum absolute atomic E-state index is 1.04. The highest BCUT2D eigenvalue weighted by atomic mass is 127. The molecule has 0 amide bonds. The molecular formula is C5H3I2N. The molecule has 0 spiro atoms. The van der Waals surface area contributed by atoms with Gasteiger partial charge in [0, 0.05) is 9.77 Å². The van der Waals surface area contributed by atoms with Crippen molar-refractivity contribution in [2.24, 2.45) is 0 Å². The summed E-state index contributed by atoms with van der Waals surface area (Å²) in [6, 6.07) is 4.03. The summed E-state index contributed by atoms with van der Waals surface area (Å²) in [4.78, 5) is 4.06. The molecule has 1 nitrogen and oxygen atoms in total. The first-order valence-electron chi connectivity index (χ1n) is 2.06. The van der Waals surface area contributed by atoms with Gasteiger partial charge < -0.3 is 0 Å². The average Bonchev–Trinajstić information content (AvgIpc) is 1.77. The molecule has 1 aromatic rings. The average molecular weight is 331 g/mol. The van der Waals surface area contributed by atoms with E-state index in [9.17, 15) is 0 Å². The van der Waals surface area contributed by atoms with Gasteiger partial charge in [0.1, 0.15) is 3.70 Å². The van der Waals surface area contributed by atoms with Crippen LogP contribution in [0, 0.1) is 7.27 Å². The molecule has 0 aliphatic rings. The van der Waals surface area contributed by atoms with Crippen LogP contribution in [0.1, 0.15) is 0 Å². The maximum absolute atomic E-state index is 4.06. The molecule has 8 heavy (non-hydrogen) atoms. The number of hydrogen-bond acceptors (Lipinski definition) is 1. The largest absolute Gasteiger partial charge is 0.249 e. The van der Waals surface area contributed by atoms with E-state index in [1.54, 1.807) is 0 Å². The van der Waals surface area contributed by atoms with Crippen LogP contribution < -0.4 is 0 Å². The minimum Gasteiger partial charge on any atom is -0.249 e. The van der Waals surface area contributed by atoms with E-state index in [1.165, 1.54) is 3.57 Å². The van der Waals surface area contributed by atoms with Gasteiger partial charge in [0.2, 0.25) is 0 Å². The molecule has 0 N–H and O–H groups in total. The van der Waals surface area contributed by atoms with Gasteiger partial charge in [0.05, 0.1) is 0 Å². The maximum atomic E-state index is 4.06. The van der Waals surface area contributed by atoms with Gasteiger partial charge >= 0.3 is 0 Å². The van der Waals surface area contributed by atoms with Crippen LogP contribution in [0.5, 0.6) is 0 Å². The van der Waals surface area contributed by atoms with Gasteiger partial charge in [-0.25, -0.2) is 4.98 Å². The highest BCUT2D eigenvalue weighted by Gasteiger charge is 1.84. The minimum atomic E-state index is 1.04. The summed E-state index contributed by atoms with van der Waals surface area (Å²) in [6.07, 6.45) is 1.85. The molecule has 0 aliphatic heterocycles. The number of hydrogen-bond donors (Lipinski definition) is 0. The Kier molecular flexibility index (Phi) is 2.48. The Morgan fingerprint density at radius 1 is 1.25 bits per heavy atom. The smallest absolute Gasteiger partial charge is 0.101 e. The van der Waals surface area contributed by atoms with Gasteiger partial charge in [0.15, 0.2) is 0 Å². The zero-order valence-electron chi connectivity index (χ0n) is 3.94. The number of pyridine rings is 1. The molecule has 0 bridgehead atoms. The third kappa shape index (κ3) is 1.85. The lowest BCUT2D eigenvalue weighted by Gasteiger charge is -1.86. The molecule has 0 radical (unpaired) electrons. The Morgan fingerprint density at radius 3 is 2.38 bits per heavy atom.